The Morgan fingerprint density at radius 3 is 2.55 bits per heavy atom. The molecule has 1 N–H and O–H groups in total. The van der Waals surface area contributed by atoms with E-state index in [-0.39, 0.29) is 0 Å². The highest BCUT2D eigenvalue weighted by molar-refractivity contribution is 5.47. The number of pyridine rings is 1. The van der Waals surface area contributed by atoms with Gasteiger partial charge in [-0.25, -0.2) is 15.0 Å². The summed E-state index contributed by atoms with van der Waals surface area (Å²) in [6.45, 7) is 3.33. The van der Waals surface area contributed by atoms with Crippen molar-refractivity contribution in [3.8, 4) is 0 Å². The number of rotatable bonds is 4. The highest BCUT2D eigenvalue weighted by Gasteiger charge is 2.41. The van der Waals surface area contributed by atoms with Gasteiger partial charge in [0, 0.05) is 50.3 Å². The van der Waals surface area contributed by atoms with E-state index in [1.54, 1.807) is 18.5 Å². The summed E-state index contributed by atoms with van der Waals surface area (Å²) < 4.78 is 0. The number of hydrogen-bond donors (Lipinski definition) is 1. The molecule has 22 heavy (non-hydrogen) atoms. The van der Waals surface area contributed by atoms with Crippen LogP contribution in [0.25, 0.3) is 0 Å². The Morgan fingerprint density at radius 2 is 1.91 bits per heavy atom. The van der Waals surface area contributed by atoms with Gasteiger partial charge in [-0.05, 0) is 31.2 Å². The highest BCUT2D eigenvalue weighted by Crippen LogP contribution is 2.30. The summed E-state index contributed by atoms with van der Waals surface area (Å²) in [7, 11) is 2.24. The van der Waals surface area contributed by atoms with Gasteiger partial charge in [0.25, 0.3) is 0 Å². The Hall–Kier alpha value is -2.05. The van der Waals surface area contributed by atoms with Gasteiger partial charge in [0.1, 0.15) is 5.82 Å². The lowest BCUT2D eigenvalue weighted by Crippen LogP contribution is -2.66. The van der Waals surface area contributed by atoms with Crippen LogP contribution >= 0.6 is 0 Å². The van der Waals surface area contributed by atoms with Crippen LogP contribution in [0.15, 0.2) is 36.8 Å². The minimum atomic E-state index is 0.571. The molecule has 2 aromatic rings. The molecule has 6 heteroatoms. The lowest BCUT2D eigenvalue weighted by Gasteiger charge is -2.55. The van der Waals surface area contributed by atoms with Gasteiger partial charge in [0.2, 0.25) is 5.95 Å². The third kappa shape index (κ3) is 2.67. The SMILES string of the molecule is CN1C2CC1CN(Cc1ccc(Nc3ncccn3)nc1)C2. The highest BCUT2D eigenvalue weighted by atomic mass is 15.3. The topological polar surface area (TPSA) is 57.2 Å². The number of aromatic nitrogens is 3. The lowest BCUT2D eigenvalue weighted by atomic mass is 9.88. The van der Waals surface area contributed by atoms with E-state index in [9.17, 15) is 0 Å². The quantitative estimate of drug-likeness (QED) is 0.923. The molecule has 0 saturated carbocycles. The monoisotopic (exact) mass is 296 g/mol. The van der Waals surface area contributed by atoms with E-state index < -0.39 is 0 Å². The first-order valence-electron chi connectivity index (χ1n) is 7.71. The van der Waals surface area contributed by atoms with E-state index in [4.69, 9.17) is 0 Å². The first-order valence-corrected chi connectivity index (χ1v) is 7.71. The normalized spacial score (nSPS) is 24.8. The summed E-state index contributed by atoms with van der Waals surface area (Å²) in [5, 5.41) is 3.10. The number of hydrogen-bond acceptors (Lipinski definition) is 6. The van der Waals surface area contributed by atoms with Gasteiger partial charge in [-0.15, -0.1) is 0 Å². The summed E-state index contributed by atoms with van der Waals surface area (Å²) in [6.07, 6.45) is 6.73. The molecule has 0 amide bonds. The molecule has 2 unspecified atom stereocenters. The number of piperazine rings is 1. The fourth-order valence-electron chi connectivity index (χ4n) is 3.34. The molecule has 5 heterocycles. The molecule has 114 valence electrons. The zero-order valence-corrected chi connectivity index (χ0v) is 12.7. The van der Waals surface area contributed by atoms with Crippen molar-refractivity contribution >= 4 is 11.8 Å². The van der Waals surface area contributed by atoms with Gasteiger partial charge in [0.15, 0.2) is 0 Å². The predicted octanol–water partition coefficient (Wildman–Crippen LogP) is 1.50. The minimum absolute atomic E-state index is 0.571. The van der Waals surface area contributed by atoms with Gasteiger partial charge < -0.3 is 5.32 Å². The first-order chi connectivity index (χ1) is 10.8. The molecule has 3 fully saturated rings. The van der Waals surface area contributed by atoms with Crippen molar-refractivity contribution in [1.82, 2.24) is 24.8 Å². The summed E-state index contributed by atoms with van der Waals surface area (Å²) in [5.74, 6) is 1.35. The Kier molecular flexibility index (Phi) is 3.48. The van der Waals surface area contributed by atoms with E-state index in [0.29, 0.717) is 5.95 Å². The molecule has 3 aliphatic rings. The minimum Gasteiger partial charge on any atom is -0.309 e. The second kappa shape index (κ2) is 5.62. The molecular weight excluding hydrogens is 276 g/mol. The van der Waals surface area contributed by atoms with E-state index in [1.165, 1.54) is 25.1 Å². The smallest absolute Gasteiger partial charge is 0.228 e. The molecule has 2 atom stereocenters. The fourth-order valence-corrected chi connectivity index (χ4v) is 3.34. The van der Waals surface area contributed by atoms with Crippen LogP contribution in [0.2, 0.25) is 0 Å². The molecule has 0 aliphatic carbocycles. The molecule has 2 aromatic heterocycles. The molecule has 0 radical (unpaired) electrons. The number of likely N-dealkylation sites (N-methyl/N-ethyl adjacent to an activating group) is 1. The second-order valence-corrected chi connectivity index (χ2v) is 6.15. The third-order valence-electron chi connectivity index (χ3n) is 4.67. The molecule has 6 nitrogen and oxygen atoms in total. The number of fused-ring (bicyclic) bond motifs is 2. The van der Waals surface area contributed by atoms with Gasteiger partial charge in [0.05, 0.1) is 0 Å². The van der Waals surface area contributed by atoms with Crippen molar-refractivity contribution < 1.29 is 0 Å². The van der Waals surface area contributed by atoms with Gasteiger partial charge in [-0.1, -0.05) is 6.07 Å². The van der Waals surface area contributed by atoms with Crippen molar-refractivity contribution in [1.29, 1.82) is 0 Å². The van der Waals surface area contributed by atoms with Gasteiger partial charge in [-0.2, -0.15) is 0 Å². The second-order valence-electron chi connectivity index (χ2n) is 6.15. The fraction of sp³-hybridized carbons (Fsp3) is 0.438. The molecule has 0 aromatic carbocycles. The number of nitrogens with zero attached hydrogens (tertiary/aromatic N) is 5. The molecule has 5 rings (SSSR count). The zero-order valence-electron chi connectivity index (χ0n) is 12.7. The first kappa shape index (κ1) is 13.6. The largest absolute Gasteiger partial charge is 0.309 e. The van der Waals surface area contributed by atoms with Crippen LogP contribution in [0.5, 0.6) is 0 Å². The van der Waals surface area contributed by atoms with E-state index in [1.807, 2.05) is 12.3 Å². The van der Waals surface area contributed by atoms with Crippen molar-refractivity contribution in [2.45, 2.75) is 25.0 Å². The van der Waals surface area contributed by atoms with Crippen LogP contribution in [0.4, 0.5) is 11.8 Å². The van der Waals surface area contributed by atoms with Gasteiger partial charge in [-0.3, -0.25) is 9.80 Å². The summed E-state index contributed by atoms with van der Waals surface area (Å²) >= 11 is 0. The summed E-state index contributed by atoms with van der Waals surface area (Å²) in [6, 6.07) is 7.42. The van der Waals surface area contributed by atoms with Gasteiger partial charge >= 0.3 is 0 Å². The van der Waals surface area contributed by atoms with Crippen molar-refractivity contribution in [2.75, 3.05) is 25.5 Å². The zero-order chi connectivity index (χ0) is 14.9. The molecule has 2 bridgehead atoms. The predicted molar refractivity (Wildman–Crippen MR) is 84.8 cm³/mol. The maximum atomic E-state index is 4.46. The van der Waals surface area contributed by atoms with Crippen molar-refractivity contribution in [2.24, 2.45) is 0 Å². The Bertz CT molecular complexity index is 617. The third-order valence-corrected chi connectivity index (χ3v) is 4.67. The molecule has 3 aliphatic heterocycles. The number of piperidine rings is 1. The number of nitrogens with one attached hydrogen (secondary N) is 1. The van der Waals surface area contributed by atoms with Crippen LogP contribution < -0.4 is 5.32 Å². The van der Waals surface area contributed by atoms with Crippen LogP contribution in [-0.2, 0) is 6.54 Å². The molecule has 0 spiro atoms. The maximum Gasteiger partial charge on any atom is 0.228 e. The molecular formula is C16H20N6. The maximum absolute atomic E-state index is 4.46. The van der Waals surface area contributed by atoms with Crippen molar-refractivity contribution in [3.05, 3.63) is 42.4 Å². The Morgan fingerprint density at radius 1 is 1.14 bits per heavy atom. The Labute approximate surface area is 130 Å². The van der Waals surface area contributed by atoms with Crippen LogP contribution in [0, 0.1) is 0 Å². The average Bonchev–Trinajstić information content (AvgIpc) is 2.57. The summed E-state index contributed by atoms with van der Waals surface area (Å²) in [4.78, 5) is 17.8. The summed E-state index contributed by atoms with van der Waals surface area (Å²) in [5.41, 5.74) is 1.25. The van der Waals surface area contributed by atoms with Crippen LogP contribution in [0.3, 0.4) is 0 Å². The average molecular weight is 296 g/mol. The number of anilines is 2. The Balaban J connectivity index is 1.36. The van der Waals surface area contributed by atoms with Crippen LogP contribution in [-0.4, -0.2) is 57.0 Å². The standard InChI is InChI=1S/C16H20N6/c1-21-13-7-14(21)11-22(10-13)9-12-3-4-15(19-8-12)20-16-17-5-2-6-18-16/h2-6,8,13-14H,7,9-11H2,1H3,(H,17,18,19,20). The van der Waals surface area contributed by atoms with Crippen molar-refractivity contribution in [3.63, 3.8) is 0 Å². The molecule has 3 saturated heterocycles. The van der Waals surface area contributed by atoms with Crippen LogP contribution in [0.1, 0.15) is 12.0 Å². The van der Waals surface area contributed by atoms with E-state index >= 15 is 0 Å². The van der Waals surface area contributed by atoms with E-state index in [2.05, 4.69) is 43.2 Å². The van der Waals surface area contributed by atoms with E-state index in [0.717, 1.165) is 24.4 Å². The lowest BCUT2D eigenvalue weighted by molar-refractivity contribution is -0.0532.